The van der Waals surface area contributed by atoms with E-state index in [9.17, 15) is 14.4 Å². The minimum atomic E-state index is -0.962. The van der Waals surface area contributed by atoms with Crippen LogP contribution in [0.4, 0.5) is 0 Å². The molecular weight excluding hydrogens is 316 g/mol. The van der Waals surface area contributed by atoms with Crippen molar-refractivity contribution in [2.24, 2.45) is 22.7 Å². The maximum atomic E-state index is 13.1. The highest BCUT2D eigenvalue weighted by Crippen LogP contribution is 2.61. The van der Waals surface area contributed by atoms with Gasteiger partial charge < -0.3 is 4.74 Å². The summed E-state index contributed by atoms with van der Waals surface area (Å²) in [4.78, 5) is 38.8. The maximum Gasteiger partial charge on any atom is 0.316 e. The highest BCUT2D eigenvalue weighted by atomic mass is 16.5. The van der Waals surface area contributed by atoms with Gasteiger partial charge in [-0.05, 0) is 48.5 Å². The van der Waals surface area contributed by atoms with Gasteiger partial charge in [-0.25, -0.2) is 0 Å². The van der Waals surface area contributed by atoms with Crippen LogP contribution in [0.5, 0.6) is 0 Å². The lowest BCUT2D eigenvalue weighted by Crippen LogP contribution is -2.55. The molecule has 3 rings (SSSR count). The van der Waals surface area contributed by atoms with Gasteiger partial charge in [-0.1, -0.05) is 40.2 Å². The fraction of sp³-hybridized carbons (Fsp3) is 0.667. The number of methoxy groups -OCH3 is 1. The van der Waals surface area contributed by atoms with Gasteiger partial charge in [0.2, 0.25) is 11.6 Å². The van der Waals surface area contributed by atoms with E-state index in [0.29, 0.717) is 17.6 Å². The van der Waals surface area contributed by atoms with E-state index in [4.69, 9.17) is 4.74 Å². The van der Waals surface area contributed by atoms with Gasteiger partial charge in [0, 0.05) is 11.1 Å². The van der Waals surface area contributed by atoms with E-state index in [2.05, 4.69) is 13.8 Å². The molecule has 0 aromatic rings. The Morgan fingerprint density at radius 3 is 2.48 bits per heavy atom. The molecule has 2 atom stereocenters. The predicted molar refractivity (Wildman–Crippen MR) is 94.8 cm³/mol. The Morgan fingerprint density at radius 1 is 1.20 bits per heavy atom. The third-order valence-corrected chi connectivity index (χ3v) is 6.60. The van der Waals surface area contributed by atoms with E-state index < -0.39 is 17.0 Å². The van der Waals surface area contributed by atoms with Gasteiger partial charge >= 0.3 is 5.97 Å². The zero-order valence-electron chi connectivity index (χ0n) is 15.9. The molecule has 3 aliphatic rings. The summed E-state index contributed by atoms with van der Waals surface area (Å²) >= 11 is 0. The number of ketones is 2. The summed E-state index contributed by atoms with van der Waals surface area (Å²) in [6.07, 6.45) is 5.95. The number of Topliss-reactive ketones (excluding diaryl/α,β-unsaturated/α-hetero) is 2. The Labute approximate surface area is 149 Å². The molecule has 0 aliphatic heterocycles. The quantitative estimate of drug-likeness (QED) is 0.434. The van der Waals surface area contributed by atoms with Gasteiger partial charge in [0.05, 0.1) is 7.11 Å². The number of carbonyl (C=O) groups excluding carboxylic acids is 3. The van der Waals surface area contributed by atoms with Crippen LogP contribution in [0.15, 0.2) is 22.8 Å². The zero-order chi connectivity index (χ0) is 18.6. The van der Waals surface area contributed by atoms with E-state index in [0.717, 1.165) is 31.3 Å². The fourth-order valence-corrected chi connectivity index (χ4v) is 5.43. The minimum absolute atomic E-state index is 0.0000898. The Kier molecular flexibility index (Phi) is 4.29. The van der Waals surface area contributed by atoms with Crippen molar-refractivity contribution < 1.29 is 19.1 Å². The van der Waals surface area contributed by atoms with E-state index >= 15 is 0 Å². The first kappa shape index (κ1) is 18.1. The first-order chi connectivity index (χ1) is 11.7. The third kappa shape index (κ3) is 2.44. The summed E-state index contributed by atoms with van der Waals surface area (Å²) < 4.78 is 5.19. The van der Waals surface area contributed by atoms with E-state index in [1.807, 2.05) is 19.9 Å². The van der Waals surface area contributed by atoms with Gasteiger partial charge in [0.15, 0.2) is 0 Å². The molecule has 0 aromatic carbocycles. The molecule has 0 spiro atoms. The monoisotopic (exact) mass is 344 g/mol. The van der Waals surface area contributed by atoms with Crippen molar-refractivity contribution in [2.75, 3.05) is 7.11 Å². The largest absolute Gasteiger partial charge is 0.468 e. The molecule has 1 fully saturated rings. The number of esters is 1. The molecule has 4 heteroatoms. The molecule has 0 bridgehead atoms. The smallest absolute Gasteiger partial charge is 0.316 e. The summed E-state index contributed by atoms with van der Waals surface area (Å²) in [5.74, 6) is -1.24. The van der Waals surface area contributed by atoms with Gasteiger partial charge in [-0.15, -0.1) is 0 Å². The maximum absolute atomic E-state index is 13.1. The molecule has 25 heavy (non-hydrogen) atoms. The molecular formula is C21H28O4. The number of carbonyl (C=O) groups is 3. The van der Waals surface area contributed by atoms with Crippen molar-refractivity contribution in [3.63, 3.8) is 0 Å². The summed E-state index contributed by atoms with van der Waals surface area (Å²) in [6.45, 7) is 8.19. The van der Waals surface area contributed by atoms with Crippen molar-refractivity contribution in [1.82, 2.24) is 0 Å². The van der Waals surface area contributed by atoms with Gasteiger partial charge in [0.25, 0.3) is 0 Å². The number of hydrogen-bond donors (Lipinski definition) is 0. The number of rotatable bonds is 2. The van der Waals surface area contributed by atoms with Gasteiger partial charge in [-0.2, -0.15) is 0 Å². The fourth-order valence-electron chi connectivity index (χ4n) is 5.43. The number of ether oxygens (including phenoxy) is 1. The van der Waals surface area contributed by atoms with Crippen LogP contribution in [0.25, 0.3) is 0 Å². The Morgan fingerprint density at radius 2 is 1.88 bits per heavy atom. The number of hydrogen-bond acceptors (Lipinski definition) is 4. The first-order valence-corrected chi connectivity index (χ1v) is 9.29. The molecule has 0 N–H and O–H groups in total. The molecule has 0 heterocycles. The Balaban J connectivity index is 2.26. The van der Waals surface area contributed by atoms with E-state index in [1.54, 1.807) is 0 Å². The lowest BCUT2D eigenvalue weighted by Gasteiger charge is -2.54. The minimum Gasteiger partial charge on any atom is -0.468 e. The second-order valence-corrected chi connectivity index (χ2v) is 8.71. The first-order valence-electron chi connectivity index (χ1n) is 9.29. The SMILES string of the molecule is COC(=O)[C@]12CCCC(C)(C)[C@@H]1CCC1=C2C(=O)C(=O)C(C(C)C)=C1. The van der Waals surface area contributed by atoms with Crippen LogP contribution in [0, 0.1) is 22.7 Å². The van der Waals surface area contributed by atoms with Crippen molar-refractivity contribution in [1.29, 1.82) is 0 Å². The summed E-state index contributed by atoms with van der Waals surface area (Å²) in [7, 11) is 1.38. The highest BCUT2D eigenvalue weighted by molar-refractivity contribution is 6.51. The van der Waals surface area contributed by atoms with Crippen LogP contribution < -0.4 is 0 Å². The average Bonchev–Trinajstić information content (AvgIpc) is 2.55. The summed E-state index contributed by atoms with van der Waals surface area (Å²) in [6, 6.07) is 0. The third-order valence-electron chi connectivity index (χ3n) is 6.60. The van der Waals surface area contributed by atoms with Gasteiger partial charge in [0.1, 0.15) is 5.41 Å². The predicted octanol–water partition coefficient (Wildman–Crippen LogP) is 3.80. The van der Waals surface area contributed by atoms with Crippen molar-refractivity contribution >= 4 is 17.5 Å². The molecule has 0 saturated heterocycles. The molecule has 0 unspecified atom stereocenters. The zero-order valence-corrected chi connectivity index (χ0v) is 15.9. The second kappa shape index (κ2) is 5.93. The molecule has 0 aromatic heterocycles. The van der Waals surface area contributed by atoms with Crippen LogP contribution >= 0.6 is 0 Å². The lowest BCUT2D eigenvalue weighted by molar-refractivity contribution is -0.163. The van der Waals surface area contributed by atoms with Gasteiger partial charge in [-0.3, -0.25) is 14.4 Å². The molecule has 0 radical (unpaired) electrons. The molecule has 3 aliphatic carbocycles. The number of fused-ring (bicyclic) bond motifs is 2. The van der Waals surface area contributed by atoms with Crippen LogP contribution in [-0.4, -0.2) is 24.6 Å². The molecule has 4 nitrogen and oxygen atoms in total. The molecule has 1 saturated carbocycles. The van der Waals surface area contributed by atoms with E-state index in [-0.39, 0.29) is 23.2 Å². The van der Waals surface area contributed by atoms with E-state index in [1.165, 1.54) is 7.11 Å². The Hall–Kier alpha value is -1.71. The molecule has 0 amide bonds. The van der Waals surface area contributed by atoms with Crippen molar-refractivity contribution in [3.05, 3.63) is 22.8 Å². The van der Waals surface area contributed by atoms with Crippen LogP contribution in [0.3, 0.4) is 0 Å². The van der Waals surface area contributed by atoms with Crippen LogP contribution in [-0.2, 0) is 19.1 Å². The average molecular weight is 344 g/mol. The summed E-state index contributed by atoms with van der Waals surface area (Å²) in [5.41, 5.74) is 0.870. The normalized spacial score (nSPS) is 31.4. The summed E-state index contributed by atoms with van der Waals surface area (Å²) in [5, 5.41) is 0. The highest BCUT2D eigenvalue weighted by Gasteiger charge is 2.61. The second-order valence-electron chi connectivity index (χ2n) is 8.71. The lowest BCUT2D eigenvalue weighted by atomic mass is 9.48. The van der Waals surface area contributed by atoms with Crippen LogP contribution in [0.1, 0.15) is 59.8 Å². The van der Waals surface area contributed by atoms with Crippen LogP contribution in [0.2, 0.25) is 0 Å². The number of allylic oxidation sites excluding steroid dienone is 3. The standard InChI is InChI=1S/C21H28O4/c1-12(2)14-11-13-7-8-15-20(3,4)9-6-10-21(15,19(24)25-5)16(13)18(23)17(14)22/h11-12,15H,6-10H2,1-5H3/t15-,21+/m0/s1. The molecule has 136 valence electrons. The topological polar surface area (TPSA) is 60.4 Å². The van der Waals surface area contributed by atoms with Crippen molar-refractivity contribution in [2.45, 2.75) is 59.8 Å². The van der Waals surface area contributed by atoms with Crippen molar-refractivity contribution in [3.8, 4) is 0 Å². The Bertz CT molecular complexity index is 707.